The SMILES string of the molecule is C.C[N+]([O-])=N[O-]. The minimum Gasteiger partial charge on any atom is -0.739 e. The monoisotopic (exact) mass is 91.1 g/mol. The lowest BCUT2D eigenvalue weighted by Gasteiger charge is -1.88. The molecule has 0 bridgehead atoms. The molecule has 0 spiro atoms. The van der Waals surface area contributed by atoms with Crippen molar-refractivity contribution in [3.05, 3.63) is 10.4 Å². The van der Waals surface area contributed by atoms with E-state index >= 15 is 0 Å². The highest BCUT2D eigenvalue weighted by Gasteiger charge is 1.54. The predicted molar refractivity (Wildman–Crippen MR) is 22.1 cm³/mol. The van der Waals surface area contributed by atoms with Gasteiger partial charge in [-0.3, -0.25) is 0 Å². The van der Waals surface area contributed by atoms with Gasteiger partial charge >= 0.3 is 0 Å². The van der Waals surface area contributed by atoms with E-state index in [-0.39, 0.29) is 12.3 Å². The lowest BCUT2D eigenvalue weighted by Crippen LogP contribution is -1.83. The number of hydrogen-bond donors (Lipinski definition) is 0. The van der Waals surface area contributed by atoms with E-state index in [9.17, 15) is 5.21 Å². The molecule has 0 unspecified atom stereocenters. The molecule has 0 aromatic carbocycles. The highest BCUT2D eigenvalue weighted by atomic mass is 16.6. The Hall–Kier alpha value is -0.800. The maximum absolute atomic E-state index is 9.25. The summed E-state index contributed by atoms with van der Waals surface area (Å²) in [5, 5.41) is 20.0. The van der Waals surface area contributed by atoms with Gasteiger partial charge in [0.1, 0.15) is 0 Å². The Kier molecular flexibility index (Phi) is 6.27. The van der Waals surface area contributed by atoms with Crippen LogP contribution in [0.2, 0.25) is 0 Å². The molecule has 0 aromatic rings. The van der Waals surface area contributed by atoms with E-state index in [1.165, 1.54) is 0 Å². The van der Waals surface area contributed by atoms with Crippen molar-refractivity contribution in [1.82, 2.24) is 0 Å². The van der Waals surface area contributed by atoms with Crippen molar-refractivity contribution in [2.24, 2.45) is 5.28 Å². The molecule has 0 saturated heterocycles. The van der Waals surface area contributed by atoms with Crippen LogP contribution in [0.5, 0.6) is 0 Å². The van der Waals surface area contributed by atoms with Gasteiger partial charge in [0.05, 0.1) is 0 Å². The van der Waals surface area contributed by atoms with Crippen molar-refractivity contribution in [2.75, 3.05) is 7.05 Å². The van der Waals surface area contributed by atoms with Crippen LogP contribution in [0.15, 0.2) is 5.28 Å². The van der Waals surface area contributed by atoms with Gasteiger partial charge in [0.25, 0.3) is 0 Å². The maximum Gasteiger partial charge on any atom is 0.170 e. The van der Waals surface area contributed by atoms with E-state index in [0.29, 0.717) is 0 Å². The van der Waals surface area contributed by atoms with E-state index in [1.807, 2.05) is 5.28 Å². The van der Waals surface area contributed by atoms with Gasteiger partial charge in [-0.25, -0.2) is 0 Å². The van der Waals surface area contributed by atoms with Crippen LogP contribution in [0.1, 0.15) is 7.43 Å². The first kappa shape index (κ1) is 8.96. The Bertz CT molecular complexity index is 47.5. The highest BCUT2D eigenvalue weighted by Crippen LogP contribution is 1.57. The summed E-state index contributed by atoms with van der Waals surface area (Å²) >= 11 is 0. The van der Waals surface area contributed by atoms with Gasteiger partial charge < -0.3 is 10.4 Å². The lowest BCUT2D eigenvalue weighted by atomic mass is 11.5. The van der Waals surface area contributed by atoms with Gasteiger partial charge in [0.2, 0.25) is 0 Å². The second kappa shape index (κ2) is 4.20. The second-order valence-corrected chi connectivity index (χ2v) is 0.546. The molecule has 0 N–H and O–H groups in total. The minimum absolute atomic E-state index is 0. The van der Waals surface area contributed by atoms with E-state index in [0.717, 1.165) is 7.05 Å². The van der Waals surface area contributed by atoms with Crippen LogP contribution in [0, 0.1) is 10.4 Å². The summed E-state index contributed by atoms with van der Waals surface area (Å²) in [6.07, 6.45) is 0. The third kappa shape index (κ3) is 10.8. The van der Waals surface area contributed by atoms with E-state index in [4.69, 9.17) is 5.21 Å². The van der Waals surface area contributed by atoms with Crippen LogP contribution >= 0.6 is 0 Å². The first-order valence-electron chi connectivity index (χ1n) is 1.01. The highest BCUT2D eigenvalue weighted by molar-refractivity contribution is 4.10. The number of rotatable bonds is 0. The summed E-state index contributed by atoms with van der Waals surface area (Å²) < 4.78 is 0. The molecule has 0 atom stereocenters. The molecular formula is C2H7N2O2-. The molecule has 0 rings (SSSR count). The Morgan fingerprint density at radius 3 is 1.83 bits per heavy atom. The van der Waals surface area contributed by atoms with E-state index in [2.05, 4.69) is 0 Å². The maximum atomic E-state index is 9.25. The standard InChI is InChI=1S/CH4N2O2.CH4/c1-3(5)2-4;/h4H,1H3;1H4/p-1. The fourth-order valence-electron chi connectivity index (χ4n) is 0. The molecule has 0 radical (unpaired) electrons. The average Bonchev–Trinajstić information content (AvgIpc) is 1.38. The average molecular weight is 91.1 g/mol. The van der Waals surface area contributed by atoms with Crippen LogP contribution in [-0.2, 0) is 0 Å². The smallest absolute Gasteiger partial charge is 0.170 e. The van der Waals surface area contributed by atoms with Crippen molar-refractivity contribution in [1.29, 1.82) is 0 Å². The van der Waals surface area contributed by atoms with Gasteiger partial charge in [-0.1, -0.05) is 7.43 Å². The number of hydrogen-bond acceptors (Lipinski definition) is 3. The molecule has 0 aliphatic rings. The van der Waals surface area contributed by atoms with Gasteiger partial charge in [-0.15, -0.1) is 4.86 Å². The van der Waals surface area contributed by atoms with Crippen molar-refractivity contribution < 1.29 is 4.86 Å². The molecule has 0 heterocycles. The third-order valence-corrected chi connectivity index (χ3v) is 0.115. The van der Waals surface area contributed by atoms with Gasteiger partial charge in [-0.2, -0.15) is 0 Å². The second-order valence-electron chi connectivity index (χ2n) is 0.546. The van der Waals surface area contributed by atoms with Crippen LogP contribution < -0.4 is 0 Å². The van der Waals surface area contributed by atoms with Crippen LogP contribution in [0.4, 0.5) is 0 Å². The molecule has 38 valence electrons. The van der Waals surface area contributed by atoms with Crippen molar-refractivity contribution in [2.45, 2.75) is 7.43 Å². The largest absolute Gasteiger partial charge is 0.739 e. The zero-order chi connectivity index (χ0) is 4.28. The fraction of sp³-hybridized carbons (Fsp3) is 1.00. The Labute approximate surface area is 36.3 Å². The van der Waals surface area contributed by atoms with Crippen LogP contribution in [-0.4, -0.2) is 11.9 Å². The molecule has 0 fully saturated rings. The quantitative estimate of drug-likeness (QED) is 0.250. The Balaban J connectivity index is 0. The zero-order valence-electron chi connectivity index (χ0n) is 2.71. The zero-order valence-corrected chi connectivity index (χ0v) is 2.71. The molecule has 0 amide bonds. The van der Waals surface area contributed by atoms with Gasteiger partial charge in [0.15, 0.2) is 7.05 Å². The summed E-state index contributed by atoms with van der Waals surface area (Å²) in [5.74, 6) is 0. The van der Waals surface area contributed by atoms with E-state index < -0.39 is 0 Å². The lowest BCUT2D eigenvalue weighted by molar-refractivity contribution is -0.494. The number of nitrogens with zero attached hydrogens (tertiary/aromatic N) is 2. The van der Waals surface area contributed by atoms with Crippen molar-refractivity contribution >= 4 is 0 Å². The minimum atomic E-state index is -0.0556. The summed E-state index contributed by atoms with van der Waals surface area (Å²) in [7, 11) is 1.02. The molecule has 0 saturated carbocycles. The molecule has 6 heavy (non-hydrogen) atoms. The summed E-state index contributed by atoms with van der Waals surface area (Å²) in [4.78, 5) is -0.0556. The third-order valence-electron chi connectivity index (χ3n) is 0.115. The summed E-state index contributed by atoms with van der Waals surface area (Å²) in [5.41, 5.74) is 0. The molecule has 0 aliphatic carbocycles. The molecule has 4 heteroatoms. The van der Waals surface area contributed by atoms with Crippen LogP contribution in [0.3, 0.4) is 0 Å². The first-order valence-corrected chi connectivity index (χ1v) is 1.01. The normalized spacial score (nSPS) is 9.83. The van der Waals surface area contributed by atoms with Gasteiger partial charge in [-0.05, 0) is 5.28 Å². The summed E-state index contributed by atoms with van der Waals surface area (Å²) in [6.45, 7) is 0. The Morgan fingerprint density at radius 2 is 1.83 bits per heavy atom. The predicted octanol–water partition coefficient (Wildman–Crippen LogP) is 0.713. The summed E-state index contributed by atoms with van der Waals surface area (Å²) in [6, 6.07) is 0. The molecule has 4 nitrogen and oxygen atoms in total. The topological polar surface area (TPSA) is 61.5 Å². The Morgan fingerprint density at radius 1 is 1.67 bits per heavy atom. The first-order chi connectivity index (χ1) is 2.27. The fourth-order valence-corrected chi connectivity index (χ4v) is 0. The van der Waals surface area contributed by atoms with E-state index in [1.54, 1.807) is 0 Å². The molecular weight excluding hydrogens is 84.0 g/mol. The van der Waals surface area contributed by atoms with Gasteiger partial charge in [0, 0.05) is 0 Å². The molecule has 0 aliphatic heterocycles. The molecule has 0 aromatic heterocycles. The van der Waals surface area contributed by atoms with Crippen molar-refractivity contribution in [3.63, 3.8) is 0 Å². The van der Waals surface area contributed by atoms with Crippen LogP contribution in [0.25, 0.3) is 0 Å². The number of hydroxylamine groups is 1. The van der Waals surface area contributed by atoms with Crippen molar-refractivity contribution in [3.8, 4) is 0 Å².